The van der Waals surface area contributed by atoms with Crippen molar-refractivity contribution in [2.45, 2.75) is 38.0 Å². The summed E-state index contributed by atoms with van der Waals surface area (Å²) in [6.45, 7) is 1.81. The van der Waals surface area contributed by atoms with E-state index < -0.39 is 17.8 Å². The molecule has 1 nitrogen and oxygen atoms in total. The second-order valence-electron chi connectivity index (χ2n) is 4.70. The van der Waals surface area contributed by atoms with Crippen molar-refractivity contribution in [3.05, 3.63) is 35.4 Å². The molecular weight excluding hydrogens is 229 g/mol. The molecule has 0 heterocycles. The highest BCUT2D eigenvalue weighted by Gasteiger charge is 2.39. The number of hydrogen-bond acceptors (Lipinski definition) is 1. The molecule has 1 N–H and O–H groups in total. The minimum Gasteiger partial charge on any atom is -0.393 e. The van der Waals surface area contributed by atoms with Gasteiger partial charge in [-0.1, -0.05) is 25.1 Å². The smallest absolute Gasteiger partial charge is 0.393 e. The summed E-state index contributed by atoms with van der Waals surface area (Å²) in [5, 5.41) is 9.64. The monoisotopic (exact) mass is 244 g/mol. The first-order valence-corrected chi connectivity index (χ1v) is 5.75. The first kappa shape index (κ1) is 12.4. The Bertz CT molecular complexity index is 400. The summed E-state index contributed by atoms with van der Waals surface area (Å²) < 4.78 is 38.6. The fourth-order valence-electron chi connectivity index (χ4n) is 2.66. The van der Waals surface area contributed by atoms with Crippen molar-refractivity contribution < 1.29 is 18.3 Å². The molecule has 4 heteroatoms. The Morgan fingerprint density at radius 2 is 1.82 bits per heavy atom. The Labute approximate surface area is 98.3 Å². The zero-order valence-electron chi connectivity index (χ0n) is 9.54. The molecule has 3 atom stereocenters. The predicted molar refractivity (Wildman–Crippen MR) is 58.6 cm³/mol. The maximum atomic E-state index is 12.9. The van der Waals surface area contributed by atoms with E-state index in [0.29, 0.717) is 18.4 Å². The van der Waals surface area contributed by atoms with Gasteiger partial charge in [-0.15, -0.1) is 0 Å². The number of benzene rings is 1. The van der Waals surface area contributed by atoms with E-state index in [9.17, 15) is 18.3 Å². The third-order valence-electron chi connectivity index (χ3n) is 3.68. The Hall–Kier alpha value is -1.03. The van der Waals surface area contributed by atoms with E-state index in [0.717, 1.165) is 6.07 Å². The van der Waals surface area contributed by atoms with Gasteiger partial charge in [-0.05, 0) is 36.3 Å². The Kier molecular flexibility index (Phi) is 3.17. The van der Waals surface area contributed by atoms with Crippen LogP contribution in [0.15, 0.2) is 24.3 Å². The molecule has 1 aromatic rings. The van der Waals surface area contributed by atoms with Gasteiger partial charge in [-0.3, -0.25) is 0 Å². The lowest BCUT2D eigenvalue weighted by Gasteiger charge is -2.22. The average Bonchev–Trinajstić information content (AvgIpc) is 2.59. The molecule has 0 spiro atoms. The molecule has 0 bridgehead atoms. The van der Waals surface area contributed by atoms with Crippen LogP contribution in [0, 0.1) is 5.92 Å². The second-order valence-corrected chi connectivity index (χ2v) is 4.70. The highest BCUT2D eigenvalue weighted by atomic mass is 19.4. The minimum atomic E-state index is -4.32. The van der Waals surface area contributed by atoms with Gasteiger partial charge in [-0.2, -0.15) is 13.2 Å². The van der Waals surface area contributed by atoms with Crippen LogP contribution in [0.2, 0.25) is 0 Å². The summed E-state index contributed by atoms with van der Waals surface area (Å²) in [4.78, 5) is 0. The molecule has 3 unspecified atom stereocenters. The van der Waals surface area contributed by atoms with Crippen LogP contribution in [0.4, 0.5) is 13.2 Å². The molecule has 1 aliphatic rings. The molecule has 0 aromatic heterocycles. The molecule has 2 rings (SSSR count). The normalized spacial score (nSPS) is 29.6. The highest BCUT2D eigenvalue weighted by molar-refractivity contribution is 5.34. The molecule has 1 saturated carbocycles. The molecule has 1 aromatic carbocycles. The van der Waals surface area contributed by atoms with Crippen molar-refractivity contribution in [2.24, 2.45) is 5.92 Å². The SMILES string of the molecule is CC1C(O)CCC1c1ccccc1C(F)(F)F. The zero-order chi connectivity index (χ0) is 12.6. The van der Waals surface area contributed by atoms with Gasteiger partial charge in [0.2, 0.25) is 0 Å². The number of aliphatic hydroxyl groups excluding tert-OH is 1. The van der Waals surface area contributed by atoms with Gasteiger partial charge in [0.15, 0.2) is 0 Å². The molecular formula is C13H15F3O. The first-order chi connectivity index (χ1) is 7.91. The molecule has 1 fully saturated rings. The van der Waals surface area contributed by atoms with Gasteiger partial charge in [0.25, 0.3) is 0 Å². The van der Waals surface area contributed by atoms with E-state index in [1.165, 1.54) is 12.1 Å². The summed E-state index contributed by atoms with van der Waals surface area (Å²) >= 11 is 0. The lowest BCUT2D eigenvalue weighted by atomic mass is 9.86. The Balaban J connectivity index is 2.39. The predicted octanol–water partition coefficient (Wildman–Crippen LogP) is 3.58. The van der Waals surface area contributed by atoms with Gasteiger partial charge in [0.1, 0.15) is 0 Å². The van der Waals surface area contributed by atoms with Crippen LogP contribution >= 0.6 is 0 Å². The quantitative estimate of drug-likeness (QED) is 0.800. The van der Waals surface area contributed by atoms with Gasteiger partial charge >= 0.3 is 6.18 Å². The lowest BCUT2D eigenvalue weighted by molar-refractivity contribution is -0.138. The van der Waals surface area contributed by atoms with Crippen LogP contribution in [0.3, 0.4) is 0 Å². The third-order valence-corrected chi connectivity index (χ3v) is 3.68. The van der Waals surface area contributed by atoms with E-state index >= 15 is 0 Å². The van der Waals surface area contributed by atoms with Crippen molar-refractivity contribution in [3.8, 4) is 0 Å². The van der Waals surface area contributed by atoms with Crippen molar-refractivity contribution in [1.29, 1.82) is 0 Å². The van der Waals surface area contributed by atoms with E-state index in [2.05, 4.69) is 0 Å². The first-order valence-electron chi connectivity index (χ1n) is 5.75. The summed E-state index contributed by atoms with van der Waals surface area (Å²) in [7, 11) is 0. The molecule has 0 aliphatic heterocycles. The molecule has 17 heavy (non-hydrogen) atoms. The van der Waals surface area contributed by atoms with Crippen molar-refractivity contribution in [3.63, 3.8) is 0 Å². The summed E-state index contributed by atoms with van der Waals surface area (Å²) in [6, 6.07) is 5.68. The third kappa shape index (κ3) is 2.32. The van der Waals surface area contributed by atoms with Crippen LogP contribution in [0.25, 0.3) is 0 Å². The fraction of sp³-hybridized carbons (Fsp3) is 0.538. The highest BCUT2D eigenvalue weighted by Crippen LogP contribution is 2.44. The fourth-order valence-corrected chi connectivity index (χ4v) is 2.66. The molecule has 0 amide bonds. The maximum absolute atomic E-state index is 12.9. The maximum Gasteiger partial charge on any atom is 0.416 e. The van der Waals surface area contributed by atoms with Gasteiger partial charge in [0, 0.05) is 0 Å². The summed E-state index contributed by atoms with van der Waals surface area (Å²) in [5.41, 5.74) is -0.241. The largest absolute Gasteiger partial charge is 0.416 e. The number of hydrogen-bond donors (Lipinski definition) is 1. The van der Waals surface area contributed by atoms with Crippen molar-refractivity contribution in [2.75, 3.05) is 0 Å². The van der Waals surface area contributed by atoms with Gasteiger partial charge in [-0.25, -0.2) is 0 Å². The van der Waals surface area contributed by atoms with Crippen molar-refractivity contribution in [1.82, 2.24) is 0 Å². The topological polar surface area (TPSA) is 20.2 Å². The minimum absolute atomic E-state index is 0.113. The van der Waals surface area contributed by atoms with Crippen LogP contribution < -0.4 is 0 Å². The molecule has 94 valence electrons. The number of rotatable bonds is 1. The number of halogens is 3. The molecule has 0 radical (unpaired) electrons. The standard InChI is InChI=1S/C13H15F3O/c1-8-9(6-7-12(8)17)10-4-2-3-5-11(10)13(14,15)16/h2-5,8-9,12,17H,6-7H2,1H3. The second kappa shape index (κ2) is 4.33. The van der Waals surface area contributed by atoms with Crippen LogP contribution in [0.1, 0.15) is 36.8 Å². The van der Waals surface area contributed by atoms with Crippen LogP contribution in [-0.2, 0) is 6.18 Å². The summed E-state index contributed by atoms with van der Waals surface area (Å²) in [6.07, 6.45) is -3.60. The van der Waals surface area contributed by atoms with Crippen molar-refractivity contribution >= 4 is 0 Å². The van der Waals surface area contributed by atoms with E-state index in [1.807, 2.05) is 6.92 Å². The average molecular weight is 244 g/mol. The molecule has 1 aliphatic carbocycles. The number of aliphatic hydroxyl groups is 1. The van der Waals surface area contributed by atoms with Gasteiger partial charge in [0.05, 0.1) is 11.7 Å². The molecule has 0 saturated heterocycles. The Morgan fingerprint density at radius 1 is 1.18 bits per heavy atom. The number of alkyl halides is 3. The summed E-state index contributed by atoms with van der Waals surface area (Å²) in [5.74, 6) is -0.304. The van der Waals surface area contributed by atoms with E-state index in [4.69, 9.17) is 0 Å². The van der Waals surface area contributed by atoms with E-state index in [1.54, 1.807) is 6.07 Å². The lowest BCUT2D eigenvalue weighted by Crippen LogP contribution is -2.17. The van der Waals surface area contributed by atoms with Crippen LogP contribution in [-0.4, -0.2) is 11.2 Å². The van der Waals surface area contributed by atoms with E-state index in [-0.39, 0.29) is 11.8 Å². The zero-order valence-corrected chi connectivity index (χ0v) is 9.54. The Morgan fingerprint density at radius 3 is 2.35 bits per heavy atom. The van der Waals surface area contributed by atoms with Crippen LogP contribution in [0.5, 0.6) is 0 Å². The van der Waals surface area contributed by atoms with Gasteiger partial charge < -0.3 is 5.11 Å².